The van der Waals surface area contributed by atoms with Crippen LogP contribution in [0.2, 0.25) is 0 Å². The van der Waals surface area contributed by atoms with Crippen LogP contribution in [0, 0.1) is 0 Å². The number of nitrogens with zero attached hydrogens (tertiary/aromatic N) is 2. The standard InChI is InChI=1S/C25H23N3O2/c29-24(15-16-28-18-26-22-14-8-7-13-21(22)25(28)30)27-23(20-11-5-2-6-12-20)17-19-9-3-1-4-10-19/h1-14,18,23H,15-17H2,(H,27,29). The maximum atomic E-state index is 12.7. The lowest BCUT2D eigenvalue weighted by molar-refractivity contribution is -0.122. The van der Waals surface area contributed by atoms with Crippen molar-refractivity contribution in [2.45, 2.75) is 25.4 Å². The molecule has 5 nitrogen and oxygen atoms in total. The molecule has 3 aromatic carbocycles. The molecule has 0 saturated carbocycles. The number of para-hydroxylation sites is 1. The maximum Gasteiger partial charge on any atom is 0.261 e. The molecule has 0 aliphatic carbocycles. The molecule has 0 aliphatic heterocycles. The van der Waals surface area contributed by atoms with Crippen molar-refractivity contribution in [3.63, 3.8) is 0 Å². The molecule has 1 amide bonds. The number of aryl methyl sites for hydroxylation is 1. The van der Waals surface area contributed by atoms with Crippen LogP contribution in [-0.2, 0) is 17.8 Å². The van der Waals surface area contributed by atoms with Crippen molar-refractivity contribution in [1.82, 2.24) is 14.9 Å². The summed E-state index contributed by atoms with van der Waals surface area (Å²) in [5.41, 5.74) is 2.74. The molecule has 4 aromatic rings. The maximum absolute atomic E-state index is 12.7. The summed E-state index contributed by atoms with van der Waals surface area (Å²) >= 11 is 0. The third kappa shape index (κ3) is 4.63. The molecule has 0 radical (unpaired) electrons. The van der Waals surface area contributed by atoms with Gasteiger partial charge in [-0.25, -0.2) is 4.98 Å². The summed E-state index contributed by atoms with van der Waals surface area (Å²) < 4.78 is 1.50. The van der Waals surface area contributed by atoms with Crippen molar-refractivity contribution in [2.24, 2.45) is 0 Å². The van der Waals surface area contributed by atoms with E-state index < -0.39 is 0 Å². The number of carbonyl (C=O) groups is 1. The molecular formula is C25H23N3O2. The molecule has 4 rings (SSSR count). The minimum absolute atomic E-state index is 0.0974. The third-order valence-corrected chi connectivity index (χ3v) is 5.13. The fraction of sp³-hybridized carbons (Fsp3) is 0.160. The zero-order valence-corrected chi connectivity index (χ0v) is 16.6. The Kier molecular flexibility index (Phi) is 5.99. The molecule has 1 N–H and O–H groups in total. The number of aromatic nitrogens is 2. The van der Waals surface area contributed by atoms with Gasteiger partial charge in [-0.1, -0.05) is 72.8 Å². The van der Waals surface area contributed by atoms with Gasteiger partial charge in [0.25, 0.3) is 5.56 Å². The molecule has 150 valence electrons. The molecule has 1 aromatic heterocycles. The fourth-order valence-corrected chi connectivity index (χ4v) is 3.54. The first kappa shape index (κ1) is 19.6. The molecule has 1 unspecified atom stereocenters. The van der Waals surface area contributed by atoms with E-state index in [1.807, 2.05) is 66.7 Å². The average molecular weight is 397 g/mol. The highest BCUT2D eigenvalue weighted by Crippen LogP contribution is 2.18. The summed E-state index contributed by atoms with van der Waals surface area (Å²) in [6, 6.07) is 27.1. The van der Waals surface area contributed by atoms with Crippen molar-refractivity contribution in [3.8, 4) is 0 Å². The van der Waals surface area contributed by atoms with Gasteiger partial charge >= 0.3 is 0 Å². The van der Waals surface area contributed by atoms with Crippen LogP contribution in [0.5, 0.6) is 0 Å². The Balaban J connectivity index is 1.46. The zero-order chi connectivity index (χ0) is 20.8. The quantitative estimate of drug-likeness (QED) is 0.515. The van der Waals surface area contributed by atoms with Gasteiger partial charge in [0.1, 0.15) is 0 Å². The van der Waals surface area contributed by atoms with Gasteiger partial charge in [-0.15, -0.1) is 0 Å². The number of nitrogens with one attached hydrogen (secondary N) is 1. The molecule has 0 spiro atoms. The predicted octanol–water partition coefficient (Wildman–Crippen LogP) is 3.89. The molecule has 5 heteroatoms. The Hall–Kier alpha value is -3.73. The van der Waals surface area contributed by atoms with Gasteiger partial charge in [-0.05, 0) is 29.7 Å². The number of hydrogen-bond acceptors (Lipinski definition) is 3. The summed E-state index contributed by atoms with van der Waals surface area (Å²) in [5, 5.41) is 3.70. The van der Waals surface area contributed by atoms with Crippen molar-refractivity contribution in [2.75, 3.05) is 0 Å². The average Bonchev–Trinajstić information content (AvgIpc) is 2.80. The summed E-state index contributed by atoms with van der Waals surface area (Å²) in [6.07, 6.45) is 2.42. The van der Waals surface area contributed by atoms with Gasteiger partial charge in [-0.2, -0.15) is 0 Å². The van der Waals surface area contributed by atoms with Crippen LogP contribution in [0.3, 0.4) is 0 Å². The third-order valence-electron chi connectivity index (χ3n) is 5.13. The van der Waals surface area contributed by atoms with Crippen LogP contribution in [-0.4, -0.2) is 15.5 Å². The molecule has 1 atom stereocenters. The minimum Gasteiger partial charge on any atom is -0.349 e. The lowest BCUT2D eigenvalue weighted by Gasteiger charge is -2.20. The smallest absolute Gasteiger partial charge is 0.261 e. The van der Waals surface area contributed by atoms with Crippen LogP contribution in [0.1, 0.15) is 23.6 Å². The first-order valence-electron chi connectivity index (χ1n) is 10.0. The summed E-state index contributed by atoms with van der Waals surface area (Å²) in [6.45, 7) is 0.287. The number of benzene rings is 3. The van der Waals surface area contributed by atoms with Gasteiger partial charge < -0.3 is 5.32 Å². The minimum atomic E-state index is -0.132. The molecule has 0 aliphatic rings. The van der Waals surface area contributed by atoms with Crippen LogP contribution in [0.4, 0.5) is 0 Å². The largest absolute Gasteiger partial charge is 0.349 e. The molecule has 0 bridgehead atoms. The number of fused-ring (bicyclic) bond motifs is 1. The van der Waals surface area contributed by atoms with Gasteiger partial charge in [-0.3, -0.25) is 14.2 Å². The Bertz CT molecular complexity index is 1190. The Labute approximate surface area is 175 Å². The summed E-state index contributed by atoms with van der Waals surface area (Å²) in [4.78, 5) is 29.7. The van der Waals surface area contributed by atoms with E-state index in [9.17, 15) is 9.59 Å². The number of hydrogen-bond donors (Lipinski definition) is 1. The van der Waals surface area contributed by atoms with Crippen LogP contribution >= 0.6 is 0 Å². The van der Waals surface area contributed by atoms with Crippen molar-refractivity contribution < 1.29 is 4.79 Å². The highest BCUT2D eigenvalue weighted by atomic mass is 16.2. The van der Waals surface area contributed by atoms with Crippen molar-refractivity contribution >= 4 is 16.8 Å². The highest BCUT2D eigenvalue weighted by molar-refractivity contribution is 5.77. The first-order chi connectivity index (χ1) is 14.7. The van der Waals surface area contributed by atoms with E-state index in [-0.39, 0.29) is 30.5 Å². The van der Waals surface area contributed by atoms with E-state index in [2.05, 4.69) is 22.4 Å². The second-order valence-corrected chi connectivity index (χ2v) is 7.23. The number of carbonyl (C=O) groups excluding carboxylic acids is 1. The Morgan fingerprint density at radius 3 is 2.33 bits per heavy atom. The first-order valence-corrected chi connectivity index (χ1v) is 10.0. The van der Waals surface area contributed by atoms with E-state index in [0.717, 1.165) is 11.1 Å². The monoisotopic (exact) mass is 397 g/mol. The lowest BCUT2D eigenvalue weighted by atomic mass is 9.98. The van der Waals surface area contributed by atoms with E-state index >= 15 is 0 Å². The van der Waals surface area contributed by atoms with E-state index in [1.165, 1.54) is 10.9 Å². The molecule has 30 heavy (non-hydrogen) atoms. The second kappa shape index (κ2) is 9.18. The number of rotatable bonds is 7. The molecule has 0 saturated heterocycles. The topological polar surface area (TPSA) is 64.0 Å². The van der Waals surface area contributed by atoms with Gasteiger partial charge in [0.05, 0.1) is 23.3 Å². The molecular weight excluding hydrogens is 374 g/mol. The van der Waals surface area contributed by atoms with Crippen molar-refractivity contribution in [1.29, 1.82) is 0 Å². The van der Waals surface area contributed by atoms with Gasteiger partial charge in [0.15, 0.2) is 0 Å². The fourth-order valence-electron chi connectivity index (χ4n) is 3.54. The van der Waals surface area contributed by atoms with Crippen LogP contribution in [0.25, 0.3) is 10.9 Å². The zero-order valence-electron chi connectivity index (χ0n) is 16.6. The summed E-state index contributed by atoms with van der Waals surface area (Å²) in [7, 11) is 0. The van der Waals surface area contributed by atoms with Gasteiger partial charge in [0.2, 0.25) is 5.91 Å². The van der Waals surface area contributed by atoms with Gasteiger partial charge in [0, 0.05) is 13.0 Å². The van der Waals surface area contributed by atoms with Crippen molar-refractivity contribution in [3.05, 3.63) is 113 Å². The summed E-state index contributed by atoms with van der Waals surface area (Å²) in [5.74, 6) is -0.0974. The number of amides is 1. The second-order valence-electron chi connectivity index (χ2n) is 7.23. The highest BCUT2D eigenvalue weighted by Gasteiger charge is 2.15. The van der Waals surface area contributed by atoms with E-state index in [1.54, 1.807) is 6.07 Å². The van der Waals surface area contributed by atoms with E-state index in [0.29, 0.717) is 17.3 Å². The SMILES string of the molecule is O=C(CCn1cnc2ccccc2c1=O)NC(Cc1ccccc1)c1ccccc1. The predicted molar refractivity (Wildman–Crippen MR) is 118 cm³/mol. The van der Waals surface area contributed by atoms with Crippen LogP contribution in [0.15, 0.2) is 96.1 Å². The molecule has 1 heterocycles. The van der Waals surface area contributed by atoms with E-state index in [4.69, 9.17) is 0 Å². The van der Waals surface area contributed by atoms with Crippen LogP contribution < -0.4 is 10.9 Å². The Morgan fingerprint density at radius 2 is 1.57 bits per heavy atom. The molecule has 0 fully saturated rings. The lowest BCUT2D eigenvalue weighted by Crippen LogP contribution is -2.31. The Morgan fingerprint density at radius 1 is 0.900 bits per heavy atom. The normalized spacial score (nSPS) is 11.9.